The summed E-state index contributed by atoms with van der Waals surface area (Å²) in [4.78, 5) is 18.6. The van der Waals surface area contributed by atoms with Gasteiger partial charge in [-0.2, -0.15) is 5.10 Å². The molecule has 5 rings (SSSR count). The number of nitrogens with zero attached hydrogens (tertiary/aromatic N) is 3. The molecule has 35 heavy (non-hydrogen) atoms. The van der Waals surface area contributed by atoms with E-state index in [9.17, 15) is 13.2 Å². The SMILES string of the molecule is COc1ccc(-c2cc(C(=O)N[C@H]3CCCC[C@@H]3C)c3c(C)nn([C@H]4CCS(=O)(=O)C4)c3n2)cc1. The molecule has 3 atom stereocenters. The van der Waals surface area contributed by atoms with Gasteiger partial charge in [-0.1, -0.05) is 19.8 Å². The lowest BCUT2D eigenvalue weighted by Crippen LogP contribution is -2.41. The molecule has 186 valence electrons. The molecule has 0 unspecified atom stereocenters. The van der Waals surface area contributed by atoms with Crippen LogP contribution in [-0.2, 0) is 9.84 Å². The minimum atomic E-state index is -3.11. The van der Waals surface area contributed by atoms with E-state index in [-0.39, 0.29) is 29.5 Å². The second-order valence-electron chi connectivity index (χ2n) is 9.91. The summed E-state index contributed by atoms with van der Waals surface area (Å²) in [5.41, 5.74) is 3.25. The van der Waals surface area contributed by atoms with Crippen molar-refractivity contribution >= 4 is 26.8 Å². The molecule has 1 aliphatic carbocycles. The second-order valence-corrected chi connectivity index (χ2v) is 12.1. The number of pyridine rings is 1. The number of amides is 1. The maximum atomic E-state index is 13.7. The highest BCUT2D eigenvalue weighted by molar-refractivity contribution is 7.91. The first-order chi connectivity index (χ1) is 16.8. The molecule has 3 aromatic rings. The highest BCUT2D eigenvalue weighted by Gasteiger charge is 2.33. The molecule has 1 saturated carbocycles. The van der Waals surface area contributed by atoms with Crippen LogP contribution in [0, 0.1) is 12.8 Å². The van der Waals surface area contributed by atoms with Gasteiger partial charge in [-0.15, -0.1) is 0 Å². The van der Waals surface area contributed by atoms with Crippen LogP contribution < -0.4 is 10.1 Å². The Morgan fingerprint density at radius 2 is 1.89 bits per heavy atom. The number of aryl methyl sites for hydroxylation is 1. The Kier molecular flexibility index (Phi) is 6.29. The zero-order chi connectivity index (χ0) is 24.7. The Labute approximate surface area is 206 Å². The van der Waals surface area contributed by atoms with Crippen LogP contribution in [-0.4, -0.2) is 53.7 Å². The van der Waals surface area contributed by atoms with Crippen LogP contribution >= 0.6 is 0 Å². The molecule has 9 heteroatoms. The summed E-state index contributed by atoms with van der Waals surface area (Å²) in [6.45, 7) is 4.05. The molecule has 1 saturated heterocycles. The van der Waals surface area contributed by atoms with Crippen molar-refractivity contribution in [1.82, 2.24) is 20.1 Å². The number of aromatic nitrogens is 3. The molecule has 8 nitrogen and oxygen atoms in total. The zero-order valence-electron chi connectivity index (χ0n) is 20.5. The first kappa shape index (κ1) is 23.8. The van der Waals surface area contributed by atoms with E-state index in [1.165, 1.54) is 6.42 Å². The van der Waals surface area contributed by atoms with Gasteiger partial charge < -0.3 is 10.1 Å². The fourth-order valence-electron chi connectivity index (χ4n) is 5.40. The normalized spacial score (nSPS) is 23.9. The lowest BCUT2D eigenvalue weighted by Gasteiger charge is -2.29. The van der Waals surface area contributed by atoms with E-state index in [0.29, 0.717) is 40.3 Å². The van der Waals surface area contributed by atoms with Crippen molar-refractivity contribution in [3.63, 3.8) is 0 Å². The minimum Gasteiger partial charge on any atom is -0.497 e. The van der Waals surface area contributed by atoms with Gasteiger partial charge in [0, 0.05) is 11.6 Å². The Balaban J connectivity index is 1.63. The van der Waals surface area contributed by atoms with E-state index in [1.54, 1.807) is 11.8 Å². The molecule has 2 fully saturated rings. The Morgan fingerprint density at radius 3 is 2.54 bits per heavy atom. The van der Waals surface area contributed by atoms with Gasteiger partial charge in [0.05, 0.1) is 47.0 Å². The number of carbonyl (C=O) groups is 1. The molecule has 1 N–H and O–H groups in total. The van der Waals surface area contributed by atoms with Crippen molar-refractivity contribution in [2.24, 2.45) is 5.92 Å². The quantitative estimate of drug-likeness (QED) is 0.571. The molecule has 1 aromatic carbocycles. The summed E-state index contributed by atoms with van der Waals surface area (Å²) in [5.74, 6) is 1.21. The van der Waals surface area contributed by atoms with Crippen LogP contribution in [0.4, 0.5) is 0 Å². The third-order valence-corrected chi connectivity index (χ3v) is 9.20. The minimum absolute atomic E-state index is 0.0405. The Morgan fingerprint density at radius 1 is 1.14 bits per heavy atom. The third-order valence-electron chi connectivity index (χ3n) is 7.45. The van der Waals surface area contributed by atoms with Gasteiger partial charge in [0.25, 0.3) is 5.91 Å². The molecule has 2 aromatic heterocycles. The second kappa shape index (κ2) is 9.26. The van der Waals surface area contributed by atoms with E-state index >= 15 is 0 Å². The number of hydrogen-bond donors (Lipinski definition) is 1. The number of nitrogens with one attached hydrogen (secondary N) is 1. The molecule has 0 spiro atoms. The monoisotopic (exact) mass is 496 g/mol. The van der Waals surface area contributed by atoms with E-state index in [2.05, 4.69) is 12.2 Å². The predicted octanol–water partition coefficient (Wildman–Crippen LogP) is 4.08. The average Bonchev–Trinajstić information content (AvgIpc) is 3.38. The summed E-state index contributed by atoms with van der Waals surface area (Å²) in [5, 5.41) is 8.66. The molecule has 0 radical (unpaired) electrons. The molecule has 1 aliphatic heterocycles. The number of ether oxygens (including phenoxy) is 1. The lowest BCUT2D eigenvalue weighted by atomic mass is 9.86. The lowest BCUT2D eigenvalue weighted by molar-refractivity contribution is 0.0912. The Hall–Kier alpha value is -2.94. The molecule has 3 heterocycles. The topological polar surface area (TPSA) is 103 Å². The number of carbonyl (C=O) groups excluding carboxylic acids is 1. The van der Waals surface area contributed by atoms with Crippen LogP contribution in [0.15, 0.2) is 30.3 Å². The van der Waals surface area contributed by atoms with Crippen molar-refractivity contribution < 1.29 is 17.9 Å². The molecule has 0 bridgehead atoms. The Bertz CT molecular complexity index is 1360. The third kappa shape index (κ3) is 4.66. The summed E-state index contributed by atoms with van der Waals surface area (Å²) in [7, 11) is -1.49. The van der Waals surface area contributed by atoms with Gasteiger partial charge in [-0.05, 0) is 62.4 Å². The van der Waals surface area contributed by atoms with Gasteiger partial charge in [0.15, 0.2) is 15.5 Å². The highest BCUT2D eigenvalue weighted by Crippen LogP contribution is 2.33. The maximum Gasteiger partial charge on any atom is 0.252 e. The van der Waals surface area contributed by atoms with Crippen molar-refractivity contribution in [3.05, 3.63) is 41.6 Å². The van der Waals surface area contributed by atoms with Crippen LogP contribution in [0.3, 0.4) is 0 Å². The first-order valence-corrected chi connectivity index (χ1v) is 14.1. The first-order valence-electron chi connectivity index (χ1n) is 12.3. The van der Waals surface area contributed by atoms with Gasteiger partial charge in [0.1, 0.15) is 5.75 Å². The van der Waals surface area contributed by atoms with E-state index < -0.39 is 9.84 Å². The number of sulfone groups is 1. The summed E-state index contributed by atoms with van der Waals surface area (Å²) in [6, 6.07) is 9.21. The van der Waals surface area contributed by atoms with E-state index in [4.69, 9.17) is 14.8 Å². The number of methoxy groups -OCH3 is 1. The largest absolute Gasteiger partial charge is 0.497 e. The summed E-state index contributed by atoms with van der Waals surface area (Å²) in [6.07, 6.45) is 4.90. The van der Waals surface area contributed by atoms with Crippen molar-refractivity contribution in [3.8, 4) is 17.0 Å². The smallest absolute Gasteiger partial charge is 0.252 e. The van der Waals surface area contributed by atoms with Crippen molar-refractivity contribution in [1.29, 1.82) is 0 Å². The van der Waals surface area contributed by atoms with Crippen LogP contribution in [0.1, 0.15) is 61.1 Å². The fourth-order valence-corrected chi connectivity index (χ4v) is 7.09. The number of hydrogen-bond acceptors (Lipinski definition) is 6. The highest BCUT2D eigenvalue weighted by atomic mass is 32.2. The van der Waals surface area contributed by atoms with E-state index in [0.717, 1.165) is 30.6 Å². The predicted molar refractivity (Wildman–Crippen MR) is 135 cm³/mol. The summed E-state index contributed by atoms with van der Waals surface area (Å²) < 4.78 is 31.4. The number of benzene rings is 1. The number of rotatable bonds is 5. The molecule has 2 aliphatic rings. The van der Waals surface area contributed by atoms with Gasteiger partial charge in [0.2, 0.25) is 0 Å². The molecule has 1 amide bonds. The van der Waals surface area contributed by atoms with Gasteiger partial charge in [-0.3, -0.25) is 4.79 Å². The average molecular weight is 497 g/mol. The fraction of sp³-hybridized carbons (Fsp3) is 0.500. The van der Waals surface area contributed by atoms with Crippen LogP contribution in [0.25, 0.3) is 22.3 Å². The molecular weight excluding hydrogens is 464 g/mol. The van der Waals surface area contributed by atoms with Gasteiger partial charge >= 0.3 is 0 Å². The standard InChI is InChI=1S/C26H32N4O4S/c1-16-6-4-5-7-22(16)28-26(31)21-14-23(18-8-10-20(34-3)11-9-18)27-25-24(21)17(2)29-30(25)19-12-13-35(32,33)15-19/h8-11,14,16,19,22H,4-7,12-13,15H2,1-3H3,(H,28,31)/t16-,19-,22-/m0/s1. The number of fused-ring (bicyclic) bond motifs is 1. The van der Waals surface area contributed by atoms with Crippen molar-refractivity contribution in [2.75, 3.05) is 18.6 Å². The van der Waals surface area contributed by atoms with Crippen molar-refractivity contribution in [2.45, 2.75) is 58.0 Å². The maximum absolute atomic E-state index is 13.7. The van der Waals surface area contributed by atoms with Gasteiger partial charge in [-0.25, -0.2) is 18.1 Å². The van der Waals surface area contributed by atoms with E-state index in [1.807, 2.05) is 37.3 Å². The molecular formula is C26H32N4O4S. The zero-order valence-corrected chi connectivity index (χ0v) is 21.3. The van der Waals surface area contributed by atoms with Crippen LogP contribution in [0.5, 0.6) is 5.75 Å². The van der Waals surface area contributed by atoms with Crippen LogP contribution in [0.2, 0.25) is 0 Å². The summed E-state index contributed by atoms with van der Waals surface area (Å²) >= 11 is 0.